The first-order valence-electron chi connectivity index (χ1n) is 9.58. The number of halogens is 2. The van der Waals surface area contributed by atoms with Crippen molar-refractivity contribution < 1.29 is 19.1 Å². The molecular weight excluding hydrogens is 489 g/mol. The molecule has 0 atom stereocenters. The Labute approximate surface area is 204 Å². The molecule has 9 nitrogen and oxygen atoms in total. The van der Waals surface area contributed by atoms with Crippen LogP contribution in [0.5, 0.6) is 11.5 Å². The standard InChI is InChI=1S/C21H21Cl2N5O4S/c1-28-18(10-24-20(30)12-4-7-16(31-2)17(8-12)32-3)26-27-21(28)33-11-19(29)25-15-6-5-13(22)9-14(15)23/h4-9H,10-11H2,1-3H3,(H,24,30)(H,25,29). The van der Waals surface area contributed by atoms with Crippen molar-refractivity contribution >= 4 is 52.5 Å². The molecule has 0 saturated carbocycles. The molecule has 0 spiro atoms. The highest BCUT2D eigenvalue weighted by Crippen LogP contribution is 2.28. The van der Waals surface area contributed by atoms with Gasteiger partial charge in [0.1, 0.15) is 0 Å². The Balaban J connectivity index is 1.55. The number of carbonyl (C=O) groups is 2. The number of rotatable bonds is 9. The molecule has 0 unspecified atom stereocenters. The Hall–Kier alpha value is -2.95. The lowest BCUT2D eigenvalue weighted by molar-refractivity contribution is -0.113. The van der Waals surface area contributed by atoms with Crippen molar-refractivity contribution in [3.8, 4) is 11.5 Å². The van der Waals surface area contributed by atoms with Crippen molar-refractivity contribution in [3.05, 3.63) is 57.8 Å². The Kier molecular flexibility index (Phi) is 8.43. The van der Waals surface area contributed by atoms with Gasteiger partial charge in [0, 0.05) is 17.6 Å². The summed E-state index contributed by atoms with van der Waals surface area (Å²) in [7, 11) is 4.79. The summed E-state index contributed by atoms with van der Waals surface area (Å²) in [4.78, 5) is 24.8. The van der Waals surface area contributed by atoms with Gasteiger partial charge in [-0.1, -0.05) is 35.0 Å². The Morgan fingerprint density at radius 1 is 1.06 bits per heavy atom. The van der Waals surface area contributed by atoms with E-state index in [4.69, 9.17) is 32.7 Å². The van der Waals surface area contributed by atoms with Crippen LogP contribution in [-0.4, -0.2) is 46.6 Å². The van der Waals surface area contributed by atoms with Crippen molar-refractivity contribution in [1.82, 2.24) is 20.1 Å². The molecule has 0 aliphatic heterocycles. The first kappa shape index (κ1) is 24.7. The third-order valence-electron chi connectivity index (χ3n) is 4.52. The third-order valence-corrected chi connectivity index (χ3v) is 6.08. The minimum absolute atomic E-state index is 0.100. The van der Waals surface area contributed by atoms with Gasteiger partial charge in [0.05, 0.1) is 37.2 Å². The number of hydrogen-bond donors (Lipinski definition) is 2. The molecule has 2 N–H and O–H groups in total. The maximum Gasteiger partial charge on any atom is 0.251 e. The summed E-state index contributed by atoms with van der Waals surface area (Å²) in [6, 6.07) is 9.72. The van der Waals surface area contributed by atoms with E-state index in [2.05, 4.69) is 20.8 Å². The van der Waals surface area contributed by atoms with Crippen LogP contribution in [0.3, 0.4) is 0 Å². The van der Waals surface area contributed by atoms with Crippen LogP contribution in [0.2, 0.25) is 10.0 Å². The van der Waals surface area contributed by atoms with Crippen LogP contribution in [0, 0.1) is 0 Å². The van der Waals surface area contributed by atoms with E-state index in [0.717, 1.165) is 0 Å². The lowest BCUT2D eigenvalue weighted by Crippen LogP contribution is -2.24. The van der Waals surface area contributed by atoms with E-state index < -0.39 is 0 Å². The van der Waals surface area contributed by atoms with Gasteiger partial charge in [-0.25, -0.2) is 0 Å². The molecule has 0 bridgehead atoms. The quantitative estimate of drug-likeness (QED) is 0.422. The second-order valence-corrected chi connectivity index (χ2v) is 8.46. The first-order valence-corrected chi connectivity index (χ1v) is 11.3. The number of ether oxygens (including phenoxy) is 2. The smallest absolute Gasteiger partial charge is 0.251 e. The summed E-state index contributed by atoms with van der Waals surface area (Å²) in [5, 5.41) is 15.1. The molecule has 33 heavy (non-hydrogen) atoms. The zero-order valence-corrected chi connectivity index (χ0v) is 20.3. The third kappa shape index (κ3) is 6.31. The number of hydrogen-bond acceptors (Lipinski definition) is 7. The van der Waals surface area contributed by atoms with Crippen LogP contribution in [0.15, 0.2) is 41.6 Å². The van der Waals surface area contributed by atoms with Gasteiger partial charge in [0.25, 0.3) is 5.91 Å². The maximum atomic E-state index is 12.5. The summed E-state index contributed by atoms with van der Waals surface area (Å²) < 4.78 is 12.1. The second-order valence-electron chi connectivity index (χ2n) is 6.67. The highest BCUT2D eigenvalue weighted by molar-refractivity contribution is 7.99. The fourth-order valence-electron chi connectivity index (χ4n) is 2.77. The summed E-state index contributed by atoms with van der Waals surface area (Å²) >= 11 is 13.1. The molecular formula is C21H21Cl2N5O4S. The Bertz CT molecular complexity index is 1170. The molecule has 2 aromatic carbocycles. The number of carbonyl (C=O) groups excluding carboxylic acids is 2. The van der Waals surface area contributed by atoms with Gasteiger partial charge in [-0.3, -0.25) is 9.59 Å². The van der Waals surface area contributed by atoms with Crippen LogP contribution < -0.4 is 20.1 Å². The number of aromatic nitrogens is 3. The van der Waals surface area contributed by atoms with Crippen LogP contribution in [-0.2, 0) is 18.4 Å². The van der Waals surface area contributed by atoms with Crippen molar-refractivity contribution in [1.29, 1.82) is 0 Å². The van der Waals surface area contributed by atoms with Crippen molar-refractivity contribution in [2.24, 2.45) is 7.05 Å². The fourth-order valence-corrected chi connectivity index (χ4v) is 3.96. The highest BCUT2D eigenvalue weighted by Gasteiger charge is 2.15. The van der Waals surface area contributed by atoms with Crippen molar-refractivity contribution in [2.45, 2.75) is 11.7 Å². The summed E-state index contributed by atoms with van der Waals surface area (Å²) in [6.07, 6.45) is 0. The van der Waals surface area contributed by atoms with E-state index in [0.29, 0.717) is 43.8 Å². The van der Waals surface area contributed by atoms with Gasteiger partial charge in [0.2, 0.25) is 5.91 Å². The fraction of sp³-hybridized carbons (Fsp3) is 0.238. The number of methoxy groups -OCH3 is 2. The molecule has 0 aliphatic rings. The number of nitrogens with one attached hydrogen (secondary N) is 2. The average molecular weight is 510 g/mol. The molecule has 0 fully saturated rings. The summed E-state index contributed by atoms with van der Waals surface area (Å²) in [5.41, 5.74) is 0.894. The van der Waals surface area contributed by atoms with E-state index in [9.17, 15) is 9.59 Å². The molecule has 0 aliphatic carbocycles. The van der Waals surface area contributed by atoms with Gasteiger partial charge in [0.15, 0.2) is 22.5 Å². The van der Waals surface area contributed by atoms with E-state index >= 15 is 0 Å². The SMILES string of the molecule is COc1ccc(C(=O)NCc2nnc(SCC(=O)Nc3ccc(Cl)cc3Cl)n2C)cc1OC. The minimum Gasteiger partial charge on any atom is -0.493 e. The normalized spacial score (nSPS) is 10.6. The zero-order valence-electron chi connectivity index (χ0n) is 18.0. The molecule has 3 rings (SSSR count). The maximum absolute atomic E-state index is 12.5. The largest absolute Gasteiger partial charge is 0.493 e. The molecule has 1 aromatic heterocycles. The Morgan fingerprint density at radius 3 is 2.52 bits per heavy atom. The van der Waals surface area contributed by atoms with E-state index in [1.54, 1.807) is 48.0 Å². The number of nitrogens with zero attached hydrogens (tertiary/aromatic N) is 3. The van der Waals surface area contributed by atoms with Crippen LogP contribution in [0.25, 0.3) is 0 Å². The molecule has 0 radical (unpaired) electrons. The number of benzene rings is 2. The molecule has 3 aromatic rings. The molecule has 174 valence electrons. The topological polar surface area (TPSA) is 107 Å². The van der Waals surface area contributed by atoms with Crippen LogP contribution >= 0.6 is 35.0 Å². The first-order chi connectivity index (χ1) is 15.8. The number of amides is 2. The predicted octanol–water partition coefficient (Wildman–Crippen LogP) is 3.80. The van der Waals surface area contributed by atoms with Crippen molar-refractivity contribution in [3.63, 3.8) is 0 Å². The van der Waals surface area contributed by atoms with Gasteiger partial charge < -0.3 is 24.7 Å². The number of thioether (sulfide) groups is 1. The average Bonchev–Trinajstić information content (AvgIpc) is 3.16. The van der Waals surface area contributed by atoms with Crippen LogP contribution in [0.4, 0.5) is 5.69 Å². The summed E-state index contributed by atoms with van der Waals surface area (Å²) in [6.45, 7) is 0.157. The minimum atomic E-state index is -0.299. The monoisotopic (exact) mass is 509 g/mol. The van der Waals surface area contributed by atoms with Crippen molar-refractivity contribution in [2.75, 3.05) is 25.3 Å². The predicted molar refractivity (Wildman–Crippen MR) is 128 cm³/mol. The molecule has 0 saturated heterocycles. The molecule has 1 heterocycles. The van der Waals surface area contributed by atoms with Crippen LogP contribution in [0.1, 0.15) is 16.2 Å². The lowest BCUT2D eigenvalue weighted by atomic mass is 10.2. The molecule has 12 heteroatoms. The lowest BCUT2D eigenvalue weighted by Gasteiger charge is -2.10. The van der Waals surface area contributed by atoms with Gasteiger partial charge in [-0.2, -0.15) is 0 Å². The van der Waals surface area contributed by atoms with Gasteiger partial charge >= 0.3 is 0 Å². The number of anilines is 1. The van der Waals surface area contributed by atoms with E-state index in [1.807, 2.05) is 0 Å². The molecule has 2 amide bonds. The van der Waals surface area contributed by atoms with Gasteiger partial charge in [-0.15, -0.1) is 10.2 Å². The van der Waals surface area contributed by atoms with E-state index in [1.165, 1.54) is 26.0 Å². The van der Waals surface area contributed by atoms with Gasteiger partial charge in [-0.05, 0) is 36.4 Å². The highest BCUT2D eigenvalue weighted by atomic mass is 35.5. The van der Waals surface area contributed by atoms with E-state index in [-0.39, 0.29) is 24.1 Å². The Morgan fingerprint density at radius 2 is 1.82 bits per heavy atom. The second kappa shape index (κ2) is 11.3. The zero-order chi connectivity index (χ0) is 24.0. The summed E-state index contributed by atoms with van der Waals surface area (Å²) in [5.74, 6) is 1.07.